The SMILES string of the molecule is CC(O)C#CC#CC(C)O. The number of aliphatic hydroxyl groups is 2. The van der Waals surface area contributed by atoms with Crippen LogP contribution in [0.3, 0.4) is 0 Å². The van der Waals surface area contributed by atoms with E-state index in [4.69, 9.17) is 10.2 Å². The van der Waals surface area contributed by atoms with Gasteiger partial charge >= 0.3 is 0 Å². The highest BCUT2D eigenvalue weighted by atomic mass is 16.3. The van der Waals surface area contributed by atoms with Crippen molar-refractivity contribution < 1.29 is 10.2 Å². The molecule has 0 bridgehead atoms. The molecule has 2 atom stereocenters. The molecule has 0 aromatic rings. The predicted octanol–water partition coefficient (Wildman–Crippen LogP) is -0.245. The van der Waals surface area contributed by atoms with Gasteiger partial charge in [-0.3, -0.25) is 0 Å². The second-order valence-corrected chi connectivity index (χ2v) is 1.89. The van der Waals surface area contributed by atoms with Gasteiger partial charge in [-0.1, -0.05) is 11.8 Å². The van der Waals surface area contributed by atoms with Crippen LogP contribution in [-0.4, -0.2) is 22.4 Å². The largest absolute Gasteiger partial charge is 0.381 e. The summed E-state index contributed by atoms with van der Waals surface area (Å²) in [5.74, 6) is 9.63. The highest BCUT2D eigenvalue weighted by molar-refractivity contribution is 5.27. The van der Waals surface area contributed by atoms with Crippen molar-refractivity contribution in [2.45, 2.75) is 26.1 Å². The van der Waals surface area contributed by atoms with Gasteiger partial charge in [-0.15, -0.1) is 0 Å². The molecule has 0 amide bonds. The molecule has 0 aliphatic heterocycles. The van der Waals surface area contributed by atoms with Crippen LogP contribution < -0.4 is 0 Å². The van der Waals surface area contributed by atoms with E-state index >= 15 is 0 Å². The predicted molar refractivity (Wildman–Crippen MR) is 38.9 cm³/mol. The second-order valence-electron chi connectivity index (χ2n) is 1.89. The van der Waals surface area contributed by atoms with Crippen LogP contribution in [0, 0.1) is 23.7 Å². The van der Waals surface area contributed by atoms with Crippen LogP contribution in [0.2, 0.25) is 0 Å². The van der Waals surface area contributed by atoms with Crippen molar-refractivity contribution in [3.63, 3.8) is 0 Å². The molecular weight excluding hydrogens is 128 g/mol. The highest BCUT2D eigenvalue weighted by Crippen LogP contribution is 1.73. The molecule has 10 heavy (non-hydrogen) atoms. The summed E-state index contributed by atoms with van der Waals surface area (Å²) in [5.41, 5.74) is 0. The van der Waals surface area contributed by atoms with E-state index in [1.165, 1.54) is 0 Å². The molecule has 2 heteroatoms. The Balaban J connectivity index is 3.78. The van der Waals surface area contributed by atoms with Crippen molar-refractivity contribution in [3.8, 4) is 23.7 Å². The number of hydrogen-bond acceptors (Lipinski definition) is 2. The Morgan fingerprint density at radius 3 is 1.40 bits per heavy atom. The van der Waals surface area contributed by atoms with Gasteiger partial charge in [-0.2, -0.15) is 0 Å². The molecule has 2 nitrogen and oxygen atoms in total. The van der Waals surface area contributed by atoms with Crippen LogP contribution in [0.1, 0.15) is 13.8 Å². The fourth-order valence-corrected chi connectivity index (χ4v) is 0.281. The van der Waals surface area contributed by atoms with Crippen LogP contribution in [0.5, 0.6) is 0 Å². The van der Waals surface area contributed by atoms with Crippen molar-refractivity contribution in [2.24, 2.45) is 0 Å². The molecule has 0 radical (unpaired) electrons. The van der Waals surface area contributed by atoms with Gasteiger partial charge in [0.25, 0.3) is 0 Å². The average molecular weight is 138 g/mol. The lowest BCUT2D eigenvalue weighted by Crippen LogP contribution is -1.93. The molecule has 0 aromatic heterocycles. The summed E-state index contributed by atoms with van der Waals surface area (Å²) < 4.78 is 0. The molecule has 2 N–H and O–H groups in total. The first-order chi connectivity index (χ1) is 4.63. The Morgan fingerprint density at radius 2 is 1.20 bits per heavy atom. The minimum absolute atomic E-state index is 0.650. The lowest BCUT2D eigenvalue weighted by atomic mass is 10.4. The third-order valence-electron chi connectivity index (χ3n) is 0.625. The average Bonchev–Trinajstić information content (AvgIpc) is 1.79. The summed E-state index contributed by atoms with van der Waals surface area (Å²) in [6.07, 6.45) is -1.30. The van der Waals surface area contributed by atoms with E-state index < -0.39 is 12.2 Å². The Labute approximate surface area is 60.9 Å². The van der Waals surface area contributed by atoms with Gasteiger partial charge < -0.3 is 10.2 Å². The smallest absolute Gasteiger partial charge is 0.112 e. The zero-order valence-corrected chi connectivity index (χ0v) is 6.05. The van der Waals surface area contributed by atoms with E-state index in [0.29, 0.717) is 0 Å². The van der Waals surface area contributed by atoms with E-state index in [2.05, 4.69) is 23.7 Å². The quantitative estimate of drug-likeness (QED) is 0.453. The standard InChI is InChI=1S/C8H10O2/c1-7(9)5-3-4-6-8(2)10/h7-10H,1-2H3. The molecule has 0 spiro atoms. The lowest BCUT2D eigenvalue weighted by molar-refractivity contribution is 0.252. The third kappa shape index (κ3) is 7.04. The Morgan fingerprint density at radius 1 is 0.900 bits per heavy atom. The Hall–Kier alpha value is -0.960. The van der Waals surface area contributed by atoms with Crippen LogP contribution >= 0.6 is 0 Å². The molecule has 0 heterocycles. The first kappa shape index (κ1) is 9.04. The van der Waals surface area contributed by atoms with Gasteiger partial charge in [0.2, 0.25) is 0 Å². The summed E-state index contributed by atoms with van der Waals surface area (Å²) in [5, 5.41) is 17.2. The van der Waals surface area contributed by atoms with Crippen molar-refractivity contribution >= 4 is 0 Å². The van der Waals surface area contributed by atoms with Crippen molar-refractivity contribution in [2.75, 3.05) is 0 Å². The molecule has 54 valence electrons. The maximum atomic E-state index is 8.61. The molecule has 0 saturated carbocycles. The molecular formula is C8H10O2. The van der Waals surface area contributed by atoms with Crippen LogP contribution in [0.15, 0.2) is 0 Å². The molecule has 0 aliphatic carbocycles. The first-order valence-corrected chi connectivity index (χ1v) is 3.00. The van der Waals surface area contributed by atoms with Gasteiger partial charge in [0.15, 0.2) is 0 Å². The molecule has 0 aliphatic rings. The summed E-state index contributed by atoms with van der Waals surface area (Å²) in [6, 6.07) is 0. The minimum atomic E-state index is -0.650. The molecule has 0 saturated heterocycles. The molecule has 0 fully saturated rings. The van der Waals surface area contributed by atoms with Crippen LogP contribution in [0.4, 0.5) is 0 Å². The van der Waals surface area contributed by atoms with E-state index in [1.54, 1.807) is 13.8 Å². The highest BCUT2D eigenvalue weighted by Gasteiger charge is 1.81. The second kappa shape index (κ2) is 4.88. The van der Waals surface area contributed by atoms with Gasteiger partial charge in [-0.05, 0) is 25.7 Å². The van der Waals surface area contributed by atoms with Crippen molar-refractivity contribution in [1.82, 2.24) is 0 Å². The van der Waals surface area contributed by atoms with Crippen molar-refractivity contribution in [3.05, 3.63) is 0 Å². The van der Waals surface area contributed by atoms with Crippen molar-refractivity contribution in [1.29, 1.82) is 0 Å². The van der Waals surface area contributed by atoms with E-state index in [9.17, 15) is 0 Å². The third-order valence-corrected chi connectivity index (χ3v) is 0.625. The maximum absolute atomic E-state index is 8.61. The number of rotatable bonds is 0. The molecule has 2 unspecified atom stereocenters. The number of hydrogen-bond donors (Lipinski definition) is 2. The fourth-order valence-electron chi connectivity index (χ4n) is 0.281. The normalized spacial score (nSPS) is 13.6. The van der Waals surface area contributed by atoms with Crippen LogP contribution in [-0.2, 0) is 0 Å². The van der Waals surface area contributed by atoms with E-state index in [0.717, 1.165) is 0 Å². The van der Waals surface area contributed by atoms with Gasteiger partial charge in [0.05, 0.1) is 0 Å². The van der Waals surface area contributed by atoms with E-state index in [1.807, 2.05) is 0 Å². The van der Waals surface area contributed by atoms with Gasteiger partial charge in [0, 0.05) is 0 Å². The van der Waals surface area contributed by atoms with Gasteiger partial charge in [-0.25, -0.2) is 0 Å². The lowest BCUT2D eigenvalue weighted by Gasteiger charge is -1.84. The van der Waals surface area contributed by atoms with Crippen LogP contribution in [0.25, 0.3) is 0 Å². The summed E-state index contributed by atoms with van der Waals surface area (Å²) in [4.78, 5) is 0. The van der Waals surface area contributed by atoms with Gasteiger partial charge in [0.1, 0.15) is 12.2 Å². The topological polar surface area (TPSA) is 40.5 Å². The first-order valence-electron chi connectivity index (χ1n) is 3.00. The molecule has 0 rings (SSSR count). The van der Waals surface area contributed by atoms with E-state index in [-0.39, 0.29) is 0 Å². The Kier molecular flexibility index (Phi) is 4.41. The summed E-state index contributed by atoms with van der Waals surface area (Å²) >= 11 is 0. The molecule has 0 aromatic carbocycles. The summed E-state index contributed by atoms with van der Waals surface area (Å²) in [6.45, 7) is 3.11. The zero-order chi connectivity index (χ0) is 7.98. The monoisotopic (exact) mass is 138 g/mol. The zero-order valence-electron chi connectivity index (χ0n) is 6.05. The maximum Gasteiger partial charge on any atom is 0.112 e. The summed E-state index contributed by atoms with van der Waals surface area (Å²) in [7, 11) is 0. The number of aliphatic hydroxyl groups excluding tert-OH is 2. The minimum Gasteiger partial charge on any atom is -0.381 e. The Bertz CT molecular complexity index is 171. The fraction of sp³-hybridized carbons (Fsp3) is 0.500.